The number of benzene rings is 2. The zero-order chi connectivity index (χ0) is 30.4. The van der Waals surface area contributed by atoms with Crippen LogP contribution in [0, 0.1) is 28.8 Å². The van der Waals surface area contributed by atoms with Crippen LogP contribution in [-0.2, 0) is 16.1 Å². The number of hydrogen-bond donors (Lipinski definition) is 1. The van der Waals surface area contributed by atoms with E-state index in [4.69, 9.17) is 9.72 Å². The molecule has 12 heteroatoms. The Morgan fingerprint density at radius 1 is 1.17 bits per heavy atom. The molecule has 1 N–H and O–H groups in total. The minimum atomic E-state index is -0.729. The second kappa shape index (κ2) is 14.0. The summed E-state index contributed by atoms with van der Waals surface area (Å²) in [6.07, 6.45) is 0.730. The summed E-state index contributed by atoms with van der Waals surface area (Å²) >= 11 is 0.264. The lowest BCUT2D eigenvalue weighted by atomic mass is 9.84. The van der Waals surface area contributed by atoms with Crippen LogP contribution in [-0.4, -0.2) is 63.7 Å². The Morgan fingerprint density at radius 3 is 2.62 bits per heavy atom. The van der Waals surface area contributed by atoms with Gasteiger partial charge in [-0.25, -0.2) is 22.8 Å². The Hall–Kier alpha value is -2.96. The van der Waals surface area contributed by atoms with Gasteiger partial charge < -0.3 is 15.0 Å². The summed E-state index contributed by atoms with van der Waals surface area (Å²) < 4.78 is 64.2. The van der Waals surface area contributed by atoms with Gasteiger partial charge in [0, 0.05) is 44.3 Å². The van der Waals surface area contributed by atoms with E-state index in [0.717, 1.165) is 24.6 Å². The van der Waals surface area contributed by atoms with E-state index in [0.29, 0.717) is 31.1 Å². The maximum Gasteiger partial charge on any atom is 0.249 e. The van der Waals surface area contributed by atoms with Crippen molar-refractivity contribution in [3.05, 3.63) is 71.3 Å². The summed E-state index contributed by atoms with van der Waals surface area (Å²) in [5, 5.41) is 7.40. The molecule has 4 rings (SSSR count). The molecule has 1 amide bonds. The molecule has 2 heterocycles. The first-order valence-electron chi connectivity index (χ1n) is 14.0. The highest BCUT2D eigenvalue weighted by Gasteiger charge is 2.42. The van der Waals surface area contributed by atoms with E-state index >= 15 is 0 Å². The zero-order valence-electron chi connectivity index (χ0n) is 24.2. The van der Waals surface area contributed by atoms with E-state index in [2.05, 4.69) is 10.4 Å². The van der Waals surface area contributed by atoms with Crippen molar-refractivity contribution >= 4 is 18.1 Å². The number of nitrogens with zero attached hydrogens (tertiary/aromatic N) is 4. The molecule has 3 unspecified atom stereocenters. The average molecular weight is 608 g/mol. The Kier molecular flexibility index (Phi) is 10.7. The fourth-order valence-electron chi connectivity index (χ4n) is 5.24. The molecular formula is C30H37F4N5O2S. The molecule has 2 aromatic carbocycles. The number of amides is 1. The van der Waals surface area contributed by atoms with Crippen LogP contribution in [0.1, 0.15) is 51.5 Å². The number of halogens is 4. The molecule has 42 heavy (non-hydrogen) atoms. The Morgan fingerprint density at radius 2 is 1.93 bits per heavy atom. The molecule has 3 aromatic rings. The number of ether oxygens (including phenoxy) is 1. The van der Waals surface area contributed by atoms with Gasteiger partial charge in [-0.1, -0.05) is 39.8 Å². The molecule has 0 spiro atoms. The molecule has 0 bridgehead atoms. The van der Waals surface area contributed by atoms with Gasteiger partial charge in [0.25, 0.3) is 0 Å². The van der Waals surface area contributed by atoms with Crippen LogP contribution < -0.4 is 5.32 Å². The normalized spacial score (nSPS) is 17.9. The van der Waals surface area contributed by atoms with E-state index in [1.807, 2.05) is 27.7 Å². The average Bonchev–Trinajstić information content (AvgIpc) is 3.55. The van der Waals surface area contributed by atoms with Crippen LogP contribution in [0.3, 0.4) is 0 Å². The molecule has 0 radical (unpaired) electrons. The maximum absolute atomic E-state index is 14.9. The van der Waals surface area contributed by atoms with Crippen LogP contribution in [0.5, 0.6) is 0 Å². The van der Waals surface area contributed by atoms with Crippen molar-refractivity contribution in [1.29, 1.82) is 0 Å². The van der Waals surface area contributed by atoms with Gasteiger partial charge in [-0.05, 0) is 47.7 Å². The lowest BCUT2D eigenvalue weighted by Crippen LogP contribution is -2.47. The molecular weight excluding hydrogens is 570 g/mol. The van der Waals surface area contributed by atoms with Crippen molar-refractivity contribution in [2.75, 3.05) is 32.8 Å². The molecule has 1 aromatic heterocycles. The fourth-order valence-corrected chi connectivity index (χ4v) is 5.75. The van der Waals surface area contributed by atoms with Gasteiger partial charge in [0.2, 0.25) is 5.91 Å². The third kappa shape index (κ3) is 7.70. The fraction of sp³-hybridized carbons (Fsp3) is 0.500. The molecule has 1 aliphatic heterocycles. The summed E-state index contributed by atoms with van der Waals surface area (Å²) in [4.78, 5) is 20.2. The summed E-state index contributed by atoms with van der Waals surface area (Å²) in [6.45, 7) is 9.22. The van der Waals surface area contributed by atoms with E-state index < -0.39 is 28.9 Å². The molecule has 1 fully saturated rings. The lowest BCUT2D eigenvalue weighted by Gasteiger charge is -2.41. The first-order valence-corrected chi connectivity index (χ1v) is 14.8. The molecule has 228 valence electrons. The second-order valence-electron chi connectivity index (χ2n) is 11.6. The quantitative estimate of drug-likeness (QED) is 0.203. The first-order chi connectivity index (χ1) is 20.0. The van der Waals surface area contributed by atoms with Crippen LogP contribution in [0.4, 0.5) is 17.1 Å². The Labute approximate surface area is 248 Å². The minimum Gasteiger partial charge on any atom is -0.372 e. The van der Waals surface area contributed by atoms with E-state index in [-0.39, 0.29) is 60.3 Å². The maximum atomic E-state index is 14.9. The van der Waals surface area contributed by atoms with Gasteiger partial charge in [-0.2, -0.15) is 8.98 Å². The third-order valence-corrected chi connectivity index (χ3v) is 7.97. The molecule has 3 atom stereocenters. The SMILES string of the molecule is CCCOCC(=O)N(CC1CNCC1SF)C(c1nc(-c2cc(F)ccc2F)nn1Cc1cccc(F)c1)C(C)(C)C. The van der Waals surface area contributed by atoms with Crippen LogP contribution in [0.25, 0.3) is 11.4 Å². The summed E-state index contributed by atoms with van der Waals surface area (Å²) in [7, 11) is 0. The van der Waals surface area contributed by atoms with E-state index in [9.17, 15) is 21.9 Å². The van der Waals surface area contributed by atoms with Crippen molar-refractivity contribution in [2.24, 2.45) is 11.3 Å². The van der Waals surface area contributed by atoms with Crippen molar-refractivity contribution in [2.45, 2.75) is 52.0 Å². The number of hydrogen-bond acceptors (Lipinski definition) is 6. The monoisotopic (exact) mass is 607 g/mol. The standard InChI is InChI=1S/C30H37F4N5O2S/c1-5-11-41-18-26(40)38(17-20-14-35-15-25(20)42-34)27(30(2,3)4)29-36-28(23-13-22(32)9-10-24(23)33)37-39(29)16-19-7-6-8-21(31)12-19/h6-10,12-13,20,25,27,35H,5,11,14-18H2,1-4H3. The van der Waals surface area contributed by atoms with Gasteiger partial charge >= 0.3 is 0 Å². The molecule has 7 nitrogen and oxygen atoms in total. The van der Waals surface area contributed by atoms with Crippen molar-refractivity contribution < 1.29 is 26.6 Å². The van der Waals surface area contributed by atoms with Gasteiger partial charge in [-0.15, -0.1) is 0 Å². The van der Waals surface area contributed by atoms with E-state index in [1.165, 1.54) is 16.8 Å². The van der Waals surface area contributed by atoms with Gasteiger partial charge in [0.15, 0.2) is 11.6 Å². The topological polar surface area (TPSA) is 72.3 Å². The molecule has 0 saturated carbocycles. The van der Waals surface area contributed by atoms with Crippen molar-refractivity contribution in [3.63, 3.8) is 0 Å². The van der Waals surface area contributed by atoms with Gasteiger partial charge in [0.05, 0.1) is 23.4 Å². The first kappa shape index (κ1) is 32.0. The number of aromatic nitrogens is 3. The van der Waals surface area contributed by atoms with Crippen molar-refractivity contribution in [1.82, 2.24) is 25.0 Å². The minimum absolute atomic E-state index is 0.0614. The highest BCUT2D eigenvalue weighted by molar-refractivity contribution is 7.95. The van der Waals surface area contributed by atoms with Crippen molar-refractivity contribution in [3.8, 4) is 11.4 Å². The lowest BCUT2D eigenvalue weighted by molar-refractivity contribution is -0.142. The summed E-state index contributed by atoms with van der Waals surface area (Å²) in [5.74, 6) is -2.07. The molecule has 0 aliphatic carbocycles. The number of carbonyl (C=O) groups is 1. The molecule has 1 aliphatic rings. The highest BCUT2D eigenvalue weighted by atomic mass is 32.2. The van der Waals surface area contributed by atoms with Crippen LogP contribution >= 0.6 is 12.1 Å². The van der Waals surface area contributed by atoms with Gasteiger partial charge in [0.1, 0.15) is 24.1 Å². The third-order valence-electron chi connectivity index (χ3n) is 7.19. The van der Waals surface area contributed by atoms with Gasteiger partial charge in [-0.3, -0.25) is 4.79 Å². The van der Waals surface area contributed by atoms with Crippen LogP contribution in [0.15, 0.2) is 42.5 Å². The zero-order valence-corrected chi connectivity index (χ0v) is 25.1. The molecule has 1 saturated heterocycles. The van der Waals surface area contributed by atoms with E-state index in [1.54, 1.807) is 17.0 Å². The van der Waals surface area contributed by atoms with Crippen LogP contribution in [0.2, 0.25) is 0 Å². The number of nitrogens with one attached hydrogen (secondary N) is 1. The predicted octanol–water partition coefficient (Wildman–Crippen LogP) is 5.96. The smallest absolute Gasteiger partial charge is 0.249 e. The largest absolute Gasteiger partial charge is 0.372 e. The highest BCUT2D eigenvalue weighted by Crippen LogP contribution is 2.40. The summed E-state index contributed by atoms with van der Waals surface area (Å²) in [5.41, 5.74) is -0.215. The number of carbonyl (C=O) groups excluding carboxylic acids is 1. The summed E-state index contributed by atoms with van der Waals surface area (Å²) in [6, 6.07) is 8.26. The Bertz CT molecular complexity index is 1370. The predicted molar refractivity (Wildman–Crippen MR) is 155 cm³/mol. The number of rotatable bonds is 12. The Balaban J connectivity index is 1.86. The second-order valence-corrected chi connectivity index (χ2v) is 12.4.